The van der Waals surface area contributed by atoms with Crippen molar-refractivity contribution in [3.63, 3.8) is 0 Å². The molecule has 29 heavy (non-hydrogen) atoms. The maximum atomic E-state index is 13.0. The molecule has 8 nitrogen and oxygen atoms in total. The summed E-state index contributed by atoms with van der Waals surface area (Å²) in [7, 11) is 0. The molecule has 2 atom stereocenters. The predicted octanol–water partition coefficient (Wildman–Crippen LogP) is 2.89. The molecular formula is C21H27N5O3. The van der Waals surface area contributed by atoms with Gasteiger partial charge in [0.15, 0.2) is 0 Å². The van der Waals surface area contributed by atoms with Gasteiger partial charge < -0.3 is 9.88 Å². The molecule has 2 fully saturated rings. The van der Waals surface area contributed by atoms with E-state index in [2.05, 4.69) is 22.5 Å². The molecule has 2 unspecified atom stereocenters. The van der Waals surface area contributed by atoms with Gasteiger partial charge in [-0.3, -0.25) is 19.8 Å². The van der Waals surface area contributed by atoms with Crippen LogP contribution in [0.5, 0.6) is 0 Å². The van der Waals surface area contributed by atoms with Crippen LogP contribution in [-0.2, 0) is 16.1 Å². The maximum Gasteiger partial charge on any atom is 0.325 e. The summed E-state index contributed by atoms with van der Waals surface area (Å²) < 4.78 is 1.95. The van der Waals surface area contributed by atoms with Gasteiger partial charge in [-0.05, 0) is 37.3 Å². The summed E-state index contributed by atoms with van der Waals surface area (Å²) in [5.74, 6) is -0.214. The Bertz CT molecular complexity index is 968. The zero-order valence-electron chi connectivity index (χ0n) is 16.9. The number of rotatable bonds is 5. The fraction of sp³-hybridized carbons (Fsp3) is 0.524. The van der Waals surface area contributed by atoms with E-state index in [1.54, 1.807) is 0 Å². The number of anilines is 1. The van der Waals surface area contributed by atoms with Gasteiger partial charge in [0.25, 0.3) is 5.91 Å². The second-order valence-electron chi connectivity index (χ2n) is 8.06. The second kappa shape index (κ2) is 7.50. The largest absolute Gasteiger partial charge is 0.325 e. The van der Waals surface area contributed by atoms with Crippen molar-refractivity contribution in [2.24, 2.45) is 5.92 Å². The number of urea groups is 1. The van der Waals surface area contributed by atoms with Crippen LogP contribution < -0.4 is 10.6 Å². The topological polar surface area (TPSA) is 96.3 Å². The number of amides is 4. The van der Waals surface area contributed by atoms with Crippen molar-refractivity contribution in [3.8, 4) is 0 Å². The number of imide groups is 1. The first-order valence-corrected chi connectivity index (χ1v) is 10.4. The Hall–Kier alpha value is -2.90. The minimum Gasteiger partial charge on any atom is -0.323 e. The molecular weight excluding hydrogens is 370 g/mol. The van der Waals surface area contributed by atoms with Gasteiger partial charge in [-0.15, -0.1) is 0 Å². The van der Waals surface area contributed by atoms with Gasteiger partial charge in [0, 0.05) is 6.54 Å². The van der Waals surface area contributed by atoms with Gasteiger partial charge >= 0.3 is 6.03 Å². The van der Waals surface area contributed by atoms with Crippen molar-refractivity contribution in [2.45, 2.75) is 58.0 Å². The number of carbonyl (C=O) groups excluding carboxylic acids is 3. The molecule has 1 aliphatic carbocycles. The lowest BCUT2D eigenvalue weighted by Crippen LogP contribution is -2.54. The summed E-state index contributed by atoms with van der Waals surface area (Å²) in [6, 6.07) is 7.19. The Morgan fingerprint density at radius 3 is 2.86 bits per heavy atom. The van der Waals surface area contributed by atoms with Crippen molar-refractivity contribution in [1.29, 1.82) is 0 Å². The highest BCUT2D eigenvalue weighted by Gasteiger charge is 2.55. The van der Waals surface area contributed by atoms with Gasteiger partial charge in [-0.25, -0.2) is 9.78 Å². The van der Waals surface area contributed by atoms with Gasteiger partial charge in [0.2, 0.25) is 11.9 Å². The first kappa shape index (κ1) is 19.4. The lowest BCUT2D eigenvalue weighted by atomic mass is 9.73. The molecule has 4 amide bonds. The van der Waals surface area contributed by atoms with Gasteiger partial charge in [0.05, 0.1) is 11.0 Å². The second-order valence-corrected chi connectivity index (χ2v) is 8.06. The van der Waals surface area contributed by atoms with Crippen molar-refractivity contribution < 1.29 is 14.4 Å². The monoisotopic (exact) mass is 397 g/mol. The minimum absolute atomic E-state index is 0.0644. The van der Waals surface area contributed by atoms with Crippen molar-refractivity contribution in [2.75, 3.05) is 11.9 Å². The standard InChI is InChI=1S/C21H27N5O3/c1-3-12-25-16-10-5-4-9-15(16)22-19(25)23-17(27)13-26-18(28)21(24-20(26)29)11-7-6-8-14(21)2/h4-5,9-10,14H,3,6-8,11-13H2,1-2H3,(H,24,29)(H,22,23,27). The molecule has 2 N–H and O–H groups in total. The average Bonchev–Trinajstić information content (AvgIpc) is 3.15. The highest BCUT2D eigenvalue weighted by atomic mass is 16.2. The van der Waals surface area contributed by atoms with Crippen LogP contribution in [0.4, 0.5) is 10.7 Å². The number of para-hydroxylation sites is 2. The first-order valence-electron chi connectivity index (χ1n) is 10.4. The highest BCUT2D eigenvalue weighted by molar-refractivity contribution is 6.10. The van der Waals surface area contributed by atoms with E-state index in [1.807, 2.05) is 35.8 Å². The number of carbonyl (C=O) groups is 3. The predicted molar refractivity (Wildman–Crippen MR) is 109 cm³/mol. The van der Waals surface area contributed by atoms with Crippen LogP contribution in [0.3, 0.4) is 0 Å². The molecule has 0 radical (unpaired) electrons. The number of nitrogens with one attached hydrogen (secondary N) is 2. The molecule has 2 aliphatic rings. The SMILES string of the molecule is CCCn1c(NC(=O)CN2C(=O)NC3(CCCCC3C)C2=O)nc2ccccc21. The van der Waals surface area contributed by atoms with E-state index < -0.39 is 17.5 Å². The van der Waals surface area contributed by atoms with Crippen LogP contribution in [0.2, 0.25) is 0 Å². The van der Waals surface area contributed by atoms with Gasteiger partial charge in [0.1, 0.15) is 12.1 Å². The summed E-state index contributed by atoms with van der Waals surface area (Å²) in [6.45, 7) is 4.45. The number of imidazole rings is 1. The molecule has 1 aliphatic heterocycles. The summed E-state index contributed by atoms with van der Waals surface area (Å²) in [5, 5.41) is 5.67. The molecule has 2 aromatic rings. The Kier molecular flexibility index (Phi) is 5.02. The molecule has 4 rings (SSSR count). The van der Waals surface area contributed by atoms with E-state index in [-0.39, 0.29) is 18.4 Å². The van der Waals surface area contributed by atoms with E-state index >= 15 is 0 Å². The van der Waals surface area contributed by atoms with E-state index in [9.17, 15) is 14.4 Å². The lowest BCUT2D eigenvalue weighted by Gasteiger charge is -2.36. The highest BCUT2D eigenvalue weighted by Crippen LogP contribution is 2.38. The van der Waals surface area contributed by atoms with E-state index in [0.29, 0.717) is 18.9 Å². The number of benzene rings is 1. The fourth-order valence-corrected chi connectivity index (χ4v) is 4.57. The third-order valence-corrected chi connectivity index (χ3v) is 6.16. The van der Waals surface area contributed by atoms with E-state index in [1.165, 1.54) is 0 Å². The number of nitrogens with zero attached hydrogens (tertiary/aromatic N) is 3. The van der Waals surface area contributed by atoms with Crippen LogP contribution in [0.1, 0.15) is 46.0 Å². The lowest BCUT2D eigenvalue weighted by molar-refractivity contribution is -0.136. The fourth-order valence-electron chi connectivity index (χ4n) is 4.57. The van der Waals surface area contributed by atoms with Crippen LogP contribution in [0.25, 0.3) is 11.0 Å². The Morgan fingerprint density at radius 2 is 2.10 bits per heavy atom. The van der Waals surface area contributed by atoms with Crippen molar-refractivity contribution in [3.05, 3.63) is 24.3 Å². The molecule has 154 valence electrons. The Labute approximate surface area is 169 Å². The van der Waals surface area contributed by atoms with Crippen LogP contribution in [0.15, 0.2) is 24.3 Å². The zero-order chi connectivity index (χ0) is 20.6. The molecule has 1 saturated heterocycles. The average molecular weight is 397 g/mol. The van der Waals surface area contributed by atoms with Gasteiger partial charge in [-0.2, -0.15) is 0 Å². The van der Waals surface area contributed by atoms with Crippen LogP contribution in [0, 0.1) is 5.92 Å². The summed E-state index contributed by atoms with van der Waals surface area (Å²) in [4.78, 5) is 43.8. The smallest absolute Gasteiger partial charge is 0.323 e. The number of aryl methyl sites for hydroxylation is 1. The quantitative estimate of drug-likeness (QED) is 0.758. The molecule has 0 bridgehead atoms. The third kappa shape index (κ3) is 3.26. The van der Waals surface area contributed by atoms with Crippen molar-refractivity contribution in [1.82, 2.24) is 19.8 Å². The summed E-state index contributed by atoms with van der Waals surface area (Å²) in [5.41, 5.74) is 0.876. The Morgan fingerprint density at radius 1 is 1.31 bits per heavy atom. The molecule has 2 heterocycles. The third-order valence-electron chi connectivity index (χ3n) is 6.16. The molecule has 8 heteroatoms. The first-order chi connectivity index (χ1) is 14.0. The zero-order valence-corrected chi connectivity index (χ0v) is 16.9. The molecule has 1 aromatic heterocycles. The minimum atomic E-state index is -0.856. The van der Waals surface area contributed by atoms with E-state index in [0.717, 1.165) is 41.6 Å². The Balaban J connectivity index is 1.52. The van der Waals surface area contributed by atoms with Crippen molar-refractivity contribution >= 4 is 34.8 Å². The number of aromatic nitrogens is 2. The summed E-state index contributed by atoms with van der Waals surface area (Å²) in [6.07, 6.45) is 4.37. The normalized spacial score (nSPS) is 24.3. The molecule has 1 aromatic carbocycles. The summed E-state index contributed by atoms with van der Waals surface area (Å²) >= 11 is 0. The number of hydrogen-bond donors (Lipinski definition) is 2. The van der Waals surface area contributed by atoms with Crippen LogP contribution in [-0.4, -0.2) is 44.4 Å². The van der Waals surface area contributed by atoms with Crippen LogP contribution >= 0.6 is 0 Å². The molecule has 1 spiro atoms. The maximum absolute atomic E-state index is 13.0. The van der Waals surface area contributed by atoms with E-state index in [4.69, 9.17) is 0 Å². The number of fused-ring (bicyclic) bond motifs is 1. The van der Waals surface area contributed by atoms with Gasteiger partial charge in [-0.1, -0.05) is 38.8 Å². The molecule has 1 saturated carbocycles. The number of hydrogen-bond acceptors (Lipinski definition) is 4.